The molecule has 0 saturated heterocycles. The zero-order valence-corrected chi connectivity index (χ0v) is 17.4. The minimum atomic E-state index is -0.220. The first-order chi connectivity index (χ1) is 14.6. The number of amides is 1. The Balaban J connectivity index is 1.65. The highest BCUT2D eigenvalue weighted by Gasteiger charge is 2.13. The van der Waals surface area contributed by atoms with Gasteiger partial charge in [0.05, 0.1) is 13.2 Å². The van der Waals surface area contributed by atoms with Crippen LogP contribution in [0, 0.1) is 0 Å². The van der Waals surface area contributed by atoms with Crippen molar-refractivity contribution in [3.8, 4) is 17.4 Å². The van der Waals surface area contributed by atoms with Crippen molar-refractivity contribution in [3.05, 3.63) is 83.6 Å². The van der Waals surface area contributed by atoms with Crippen LogP contribution in [0.4, 0.5) is 0 Å². The van der Waals surface area contributed by atoms with E-state index in [0.717, 1.165) is 11.1 Å². The number of carbonyl (C=O) groups is 1. The van der Waals surface area contributed by atoms with E-state index < -0.39 is 0 Å². The lowest BCUT2D eigenvalue weighted by Crippen LogP contribution is -2.23. The fourth-order valence-electron chi connectivity index (χ4n) is 2.83. The number of carbonyl (C=O) groups excluding carboxylic acids is 1. The van der Waals surface area contributed by atoms with Crippen molar-refractivity contribution in [2.24, 2.45) is 0 Å². The quantitative estimate of drug-likeness (QED) is 0.571. The minimum absolute atomic E-state index is 0.00189. The van der Waals surface area contributed by atoms with Crippen molar-refractivity contribution >= 4 is 5.91 Å². The number of aromatic nitrogens is 1. The van der Waals surface area contributed by atoms with Gasteiger partial charge in [-0.1, -0.05) is 36.4 Å². The Kier molecular flexibility index (Phi) is 7.27. The Morgan fingerprint density at radius 3 is 2.57 bits per heavy atom. The summed E-state index contributed by atoms with van der Waals surface area (Å²) in [4.78, 5) is 16.9. The van der Waals surface area contributed by atoms with Gasteiger partial charge in [-0.25, -0.2) is 4.98 Å². The van der Waals surface area contributed by atoms with Gasteiger partial charge in [0.2, 0.25) is 5.88 Å². The van der Waals surface area contributed by atoms with Gasteiger partial charge in [-0.2, -0.15) is 0 Å². The highest BCUT2D eigenvalue weighted by atomic mass is 16.5. The van der Waals surface area contributed by atoms with Gasteiger partial charge in [-0.3, -0.25) is 4.79 Å². The van der Waals surface area contributed by atoms with Crippen LogP contribution in [0.5, 0.6) is 17.4 Å². The summed E-state index contributed by atoms with van der Waals surface area (Å²) in [6.07, 6.45) is 1.67. The van der Waals surface area contributed by atoms with Gasteiger partial charge in [0.15, 0.2) is 11.5 Å². The van der Waals surface area contributed by atoms with Crippen LogP contribution in [0.2, 0.25) is 0 Å². The molecule has 0 bridgehead atoms. The molecular weight excluding hydrogens is 380 g/mol. The molecule has 6 heteroatoms. The summed E-state index contributed by atoms with van der Waals surface area (Å²) in [5.74, 6) is 1.39. The third-order valence-electron chi connectivity index (χ3n) is 4.30. The maximum Gasteiger partial charge on any atom is 0.251 e. The van der Waals surface area contributed by atoms with Crippen LogP contribution in [0.25, 0.3) is 0 Å². The van der Waals surface area contributed by atoms with Crippen LogP contribution < -0.4 is 19.5 Å². The second-order valence-electron chi connectivity index (χ2n) is 6.96. The van der Waals surface area contributed by atoms with E-state index in [1.54, 1.807) is 31.5 Å². The molecule has 6 nitrogen and oxygen atoms in total. The monoisotopic (exact) mass is 406 g/mol. The van der Waals surface area contributed by atoms with Gasteiger partial charge in [-0.15, -0.1) is 0 Å². The Hall–Kier alpha value is -3.54. The van der Waals surface area contributed by atoms with Gasteiger partial charge in [-0.05, 0) is 43.7 Å². The number of benzene rings is 2. The summed E-state index contributed by atoms with van der Waals surface area (Å²) in [5.41, 5.74) is 2.35. The summed E-state index contributed by atoms with van der Waals surface area (Å²) < 4.78 is 17.0. The molecule has 3 rings (SSSR count). The van der Waals surface area contributed by atoms with E-state index in [0.29, 0.717) is 36.1 Å². The zero-order valence-electron chi connectivity index (χ0n) is 17.4. The van der Waals surface area contributed by atoms with Crippen LogP contribution in [-0.4, -0.2) is 24.1 Å². The average Bonchev–Trinajstić information content (AvgIpc) is 2.77. The molecule has 0 aliphatic rings. The average molecular weight is 406 g/mol. The lowest BCUT2D eigenvalue weighted by Gasteiger charge is -2.14. The van der Waals surface area contributed by atoms with E-state index in [-0.39, 0.29) is 12.0 Å². The Labute approximate surface area is 176 Å². The molecule has 0 radical (unpaired) electrons. The molecule has 0 unspecified atom stereocenters. The van der Waals surface area contributed by atoms with Gasteiger partial charge in [0.25, 0.3) is 5.91 Å². The predicted molar refractivity (Wildman–Crippen MR) is 115 cm³/mol. The summed E-state index contributed by atoms with van der Waals surface area (Å²) in [6.45, 7) is 4.60. The number of nitrogens with one attached hydrogen (secondary N) is 1. The molecule has 1 amide bonds. The lowest BCUT2D eigenvalue weighted by atomic mass is 10.1. The highest BCUT2D eigenvalue weighted by Crippen LogP contribution is 2.29. The zero-order chi connectivity index (χ0) is 21.3. The first-order valence-corrected chi connectivity index (χ1v) is 9.80. The molecule has 0 spiro atoms. The molecule has 0 aliphatic carbocycles. The summed E-state index contributed by atoms with van der Waals surface area (Å²) in [7, 11) is 1.55. The fourth-order valence-corrected chi connectivity index (χ4v) is 2.83. The van der Waals surface area contributed by atoms with Gasteiger partial charge < -0.3 is 19.5 Å². The van der Waals surface area contributed by atoms with E-state index in [4.69, 9.17) is 14.2 Å². The smallest absolute Gasteiger partial charge is 0.251 e. The second-order valence-corrected chi connectivity index (χ2v) is 6.96. The maximum atomic E-state index is 12.6. The number of nitrogens with zero attached hydrogens (tertiary/aromatic N) is 1. The number of pyridine rings is 1. The Morgan fingerprint density at radius 2 is 1.83 bits per heavy atom. The van der Waals surface area contributed by atoms with E-state index in [1.165, 1.54) is 0 Å². The molecule has 0 fully saturated rings. The maximum absolute atomic E-state index is 12.6. The van der Waals surface area contributed by atoms with E-state index in [1.807, 2.05) is 56.3 Å². The first kappa shape index (κ1) is 21.2. The molecule has 3 aromatic rings. The topological polar surface area (TPSA) is 69.7 Å². The van der Waals surface area contributed by atoms with Crippen LogP contribution in [0.15, 0.2) is 66.9 Å². The van der Waals surface area contributed by atoms with Gasteiger partial charge in [0.1, 0.15) is 6.61 Å². The third kappa shape index (κ3) is 5.73. The Bertz CT molecular complexity index is 974. The number of ether oxygens (including phenoxy) is 3. The van der Waals surface area contributed by atoms with E-state index in [2.05, 4.69) is 10.3 Å². The van der Waals surface area contributed by atoms with Gasteiger partial charge in [0, 0.05) is 23.9 Å². The number of hydrogen-bond acceptors (Lipinski definition) is 5. The van der Waals surface area contributed by atoms with Crippen LogP contribution in [0.1, 0.15) is 35.3 Å². The van der Waals surface area contributed by atoms with Crippen molar-refractivity contribution < 1.29 is 19.0 Å². The molecule has 0 saturated carbocycles. The molecule has 2 aromatic carbocycles. The van der Waals surface area contributed by atoms with Crippen LogP contribution in [-0.2, 0) is 13.2 Å². The predicted octanol–water partition coefficient (Wildman–Crippen LogP) is 4.39. The van der Waals surface area contributed by atoms with Crippen LogP contribution in [0.3, 0.4) is 0 Å². The number of methoxy groups -OCH3 is 1. The summed E-state index contributed by atoms with van der Waals surface area (Å²) in [6, 6.07) is 18.7. The second kappa shape index (κ2) is 10.3. The normalized spacial score (nSPS) is 10.5. The van der Waals surface area contributed by atoms with Crippen molar-refractivity contribution in [2.75, 3.05) is 7.11 Å². The molecule has 0 atom stereocenters. The third-order valence-corrected chi connectivity index (χ3v) is 4.30. The minimum Gasteiger partial charge on any atom is -0.493 e. The number of rotatable bonds is 9. The summed E-state index contributed by atoms with van der Waals surface area (Å²) >= 11 is 0. The van der Waals surface area contributed by atoms with Crippen LogP contribution >= 0.6 is 0 Å². The standard InChI is InChI=1S/C24H26N2O4/c1-17(2)30-24-20(10-7-13-25-24)15-26-23(27)19-11-12-21(22(14-19)28-3)29-16-18-8-5-4-6-9-18/h4-14,17H,15-16H2,1-3H3,(H,26,27). The number of hydrogen-bond donors (Lipinski definition) is 1. The van der Waals surface area contributed by atoms with Crippen molar-refractivity contribution in [1.82, 2.24) is 10.3 Å². The van der Waals surface area contributed by atoms with E-state index in [9.17, 15) is 4.79 Å². The van der Waals surface area contributed by atoms with Gasteiger partial charge >= 0.3 is 0 Å². The molecular formula is C24H26N2O4. The largest absolute Gasteiger partial charge is 0.493 e. The molecule has 156 valence electrons. The SMILES string of the molecule is COc1cc(C(=O)NCc2cccnc2OC(C)C)ccc1OCc1ccccc1. The van der Waals surface area contributed by atoms with Crippen molar-refractivity contribution in [1.29, 1.82) is 0 Å². The molecule has 1 N–H and O–H groups in total. The highest BCUT2D eigenvalue weighted by molar-refractivity contribution is 5.94. The van der Waals surface area contributed by atoms with Crippen molar-refractivity contribution in [3.63, 3.8) is 0 Å². The molecule has 1 heterocycles. The lowest BCUT2D eigenvalue weighted by molar-refractivity contribution is 0.0950. The molecule has 0 aliphatic heterocycles. The Morgan fingerprint density at radius 1 is 1.03 bits per heavy atom. The molecule has 1 aromatic heterocycles. The van der Waals surface area contributed by atoms with Crippen molar-refractivity contribution in [2.45, 2.75) is 33.1 Å². The summed E-state index contributed by atoms with van der Waals surface area (Å²) in [5, 5.41) is 2.90. The molecule has 30 heavy (non-hydrogen) atoms. The fraction of sp³-hybridized carbons (Fsp3) is 0.250. The van der Waals surface area contributed by atoms with E-state index >= 15 is 0 Å². The first-order valence-electron chi connectivity index (χ1n) is 9.80.